The molecule has 0 aliphatic rings. The third-order valence-electron chi connectivity index (χ3n) is 2.50. The normalized spacial score (nSPS) is 17.1. The van der Waals surface area contributed by atoms with Gasteiger partial charge in [-0.25, -0.2) is 5.90 Å². The molecule has 0 rings (SSSR count). The average molecular weight is 175 g/mol. The van der Waals surface area contributed by atoms with Crippen molar-refractivity contribution in [3.05, 3.63) is 0 Å². The predicted molar refractivity (Wildman–Crippen MR) is 45.3 cm³/mol. The maximum atomic E-state index is 10.9. The van der Waals surface area contributed by atoms with Crippen LogP contribution >= 0.6 is 0 Å². The van der Waals surface area contributed by atoms with Crippen LogP contribution in [0.4, 0.5) is 0 Å². The largest absolute Gasteiger partial charge is 0.481 e. The SMILES string of the molecule is CC(C)(C)C(C)(CON)C(=O)O. The summed E-state index contributed by atoms with van der Waals surface area (Å²) in [6.45, 7) is 7.19. The maximum absolute atomic E-state index is 10.9. The number of hydrogen-bond donors (Lipinski definition) is 2. The summed E-state index contributed by atoms with van der Waals surface area (Å²) in [5.41, 5.74) is -1.32. The molecule has 0 aromatic heterocycles. The number of hydrogen-bond acceptors (Lipinski definition) is 3. The average Bonchev–Trinajstić information content (AvgIpc) is 1.85. The van der Waals surface area contributed by atoms with Gasteiger partial charge in [-0.1, -0.05) is 20.8 Å². The van der Waals surface area contributed by atoms with E-state index in [0.29, 0.717) is 0 Å². The Morgan fingerprint density at radius 3 is 1.92 bits per heavy atom. The minimum atomic E-state index is -0.943. The summed E-state index contributed by atoms with van der Waals surface area (Å²) >= 11 is 0. The molecular formula is C8H17NO3. The fraction of sp³-hybridized carbons (Fsp3) is 0.875. The van der Waals surface area contributed by atoms with E-state index in [-0.39, 0.29) is 12.0 Å². The van der Waals surface area contributed by atoms with Crippen LogP contribution in [0.2, 0.25) is 0 Å². The number of carboxylic acids is 1. The molecule has 0 bridgehead atoms. The second kappa shape index (κ2) is 3.41. The second-order valence-corrected chi connectivity index (χ2v) is 4.20. The van der Waals surface area contributed by atoms with Gasteiger partial charge in [0, 0.05) is 0 Å². The Kier molecular flexibility index (Phi) is 3.24. The molecule has 0 aromatic carbocycles. The van der Waals surface area contributed by atoms with Crippen LogP contribution in [0.25, 0.3) is 0 Å². The Labute approximate surface area is 72.7 Å². The third kappa shape index (κ3) is 1.95. The Bertz CT molecular complexity index is 174. The molecule has 0 spiro atoms. The highest BCUT2D eigenvalue weighted by Crippen LogP contribution is 2.38. The van der Waals surface area contributed by atoms with Gasteiger partial charge < -0.3 is 9.94 Å². The molecule has 4 nitrogen and oxygen atoms in total. The molecule has 0 saturated carbocycles. The van der Waals surface area contributed by atoms with E-state index >= 15 is 0 Å². The summed E-state index contributed by atoms with van der Waals surface area (Å²) in [4.78, 5) is 15.3. The van der Waals surface area contributed by atoms with E-state index in [1.807, 2.05) is 20.8 Å². The first-order valence-electron chi connectivity index (χ1n) is 3.81. The van der Waals surface area contributed by atoms with Crippen molar-refractivity contribution in [2.45, 2.75) is 27.7 Å². The van der Waals surface area contributed by atoms with Crippen molar-refractivity contribution >= 4 is 5.97 Å². The third-order valence-corrected chi connectivity index (χ3v) is 2.50. The van der Waals surface area contributed by atoms with Crippen LogP contribution in [0, 0.1) is 10.8 Å². The number of carbonyl (C=O) groups is 1. The van der Waals surface area contributed by atoms with Gasteiger partial charge in [-0.15, -0.1) is 0 Å². The highest BCUT2D eigenvalue weighted by Gasteiger charge is 2.44. The number of aliphatic carboxylic acids is 1. The zero-order valence-corrected chi connectivity index (χ0v) is 8.05. The van der Waals surface area contributed by atoms with Gasteiger partial charge in [-0.2, -0.15) is 0 Å². The molecule has 0 fully saturated rings. The summed E-state index contributed by atoms with van der Waals surface area (Å²) in [5, 5.41) is 8.96. The molecule has 0 aliphatic carbocycles. The van der Waals surface area contributed by atoms with Crippen LogP contribution in [0.1, 0.15) is 27.7 Å². The molecule has 0 saturated heterocycles. The van der Waals surface area contributed by atoms with Gasteiger partial charge in [-0.3, -0.25) is 4.79 Å². The molecule has 0 radical (unpaired) electrons. The van der Waals surface area contributed by atoms with Crippen LogP contribution in [0.15, 0.2) is 0 Å². The summed E-state index contributed by atoms with van der Waals surface area (Å²) < 4.78 is 0. The number of rotatable bonds is 3. The van der Waals surface area contributed by atoms with E-state index in [1.54, 1.807) is 6.92 Å². The molecular weight excluding hydrogens is 158 g/mol. The summed E-state index contributed by atoms with van der Waals surface area (Å²) in [5.74, 6) is 4.00. The monoisotopic (exact) mass is 175 g/mol. The minimum Gasteiger partial charge on any atom is -0.481 e. The molecule has 4 heteroatoms. The molecule has 0 heterocycles. The Hall–Kier alpha value is -0.610. The number of carboxylic acid groups (broad SMARTS) is 1. The van der Waals surface area contributed by atoms with E-state index in [1.165, 1.54) is 0 Å². The fourth-order valence-corrected chi connectivity index (χ4v) is 0.766. The zero-order valence-electron chi connectivity index (χ0n) is 8.05. The molecule has 12 heavy (non-hydrogen) atoms. The van der Waals surface area contributed by atoms with E-state index in [9.17, 15) is 4.79 Å². The maximum Gasteiger partial charge on any atom is 0.312 e. The smallest absolute Gasteiger partial charge is 0.312 e. The van der Waals surface area contributed by atoms with Crippen LogP contribution in [-0.2, 0) is 9.63 Å². The van der Waals surface area contributed by atoms with Gasteiger partial charge >= 0.3 is 5.97 Å². The lowest BCUT2D eigenvalue weighted by atomic mass is 9.68. The molecule has 0 aromatic rings. The van der Waals surface area contributed by atoms with Gasteiger partial charge in [0.2, 0.25) is 0 Å². The van der Waals surface area contributed by atoms with Crippen molar-refractivity contribution in [3.63, 3.8) is 0 Å². The van der Waals surface area contributed by atoms with Crippen molar-refractivity contribution in [3.8, 4) is 0 Å². The van der Waals surface area contributed by atoms with Gasteiger partial charge in [-0.05, 0) is 12.3 Å². The first-order valence-corrected chi connectivity index (χ1v) is 3.81. The molecule has 72 valence electrons. The van der Waals surface area contributed by atoms with Crippen molar-refractivity contribution in [1.29, 1.82) is 0 Å². The summed E-state index contributed by atoms with van der Waals surface area (Å²) in [6, 6.07) is 0. The number of nitrogens with two attached hydrogens (primary N) is 1. The van der Waals surface area contributed by atoms with Crippen molar-refractivity contribution in [2.75, 3.05) is 6.61 Å². The Morgan fingerprint density at radius 2 is 1.83 bits per heavy atom. The standard InChI is InChI=1S/C8H17NO3/c1-7(2,3)8(4,5-12-9)6(10)11/h5,9H2,1-4H3,(H,10,11). The van der Waals surface area contributed by atoms with E-state index in [0.717, 1.165) is 0 Å². The van der Waals surface area contributed by atoms with E-state index < -0.39 is 11.4 Å². The van der Waals surface area contributed by atoms with Gasteiger partial charge in [0.1, 0.15) is 0 Å². The van der Waals surface area contributed by atoms with Crippen LogP contribution in [-0.4, -0.2) is 17.7 Å². The zero-order chi connectivity index (χ0) is 9.99. The van der Waals surface area contributed by atoms with E-state index in [2.05, 4.69) is 4.84 Å². The molecule has 1 atom stereocenters. The quantitative estimate of drug-likeness (QED) is 0.628. The van der Waals surface area contributed by atoms with Crippen LogP contribution in [0.5, 0.6) is 0 Å². The first-order chi connectivity index (χ1) is 5.25. The van der Waals surface area contributed by atoms with Gasteiger partial charge in [0.05, 0.1) is 12.0 Å². The van der Waals surface area contributed by atoms with E-state index in [4.69, 9.17) is 11.0 Å². The Balaban J connectivity index is 4.75. The lowest BCUT2D eigenvalue weighted by molar-refractivity contribution is -0.160. The second-order valence-electron chi connectivity index (χ2n) is 4.20. The Morgan fingerprint density at radius 1 is 1.42 bits per heavy atom. The first kappa shape index (κ1) is 11.4. The minimum absolute atomic E-state index is 0.0197. The summed E-state index contributed by atoms with van der Waals surface area (Å²) in [6.07, 6.45) is 0. The fourth-order valence-electron chi connectivity index (χ4n) is 0.766. The van der Waals surface area contributed by atoms with Gasteiger partial charge in [0.25, 0.3) is 0 Å². The lowest BCUT2D eigenvalue weighted by Gasteiger charge is -2.36. The van der Waals surface area contributed by atoms with Crippen molar-refractivity contribution in [2.24, 2.45) is 16.7 Å². The topological polar surface area (TPSA) is 72.5 Å². The van der Waals surface area contributed by atoms with Crippen molar-refractivity contribution in [1.82, 2.24) is 0 Å². The molecule has 0 amide bonds. The van der Waals surface area contributed by atoms with Crippen LogP contribution < -0.4 is 5.90 Å². The van der Waals surface area contributed by atoms with Crippen LogP contribution in [0.3, 0.4) is 0 Å². The summed E-state index contributed by atoms with van der Waals surface area (Å²) in [7, 11) is 0. The molecule has 0 aliphatic heterocycles. The predicted octanol–water partition coefficient (Wildman–Crippen LogP) is 1.01. The lowest BCUT2D eigenvalue weighted by Crippen LogP contribution is -2.44. The molecule has 1 unspecified atom stereocenters. The van der Waals surface area contributed by atoms with Gasteiger partial charge in [0.15, 0.2) is 0 Å². The van der Waals surface area contributed by atoms with Crippen molar-refractivity contribution < 1.29 is 14.7 Å². The highest BCUT2D eigenvalue weighted by molar-refractivity contribution is 5.75. The molecule has 3 N–H and O–H groups in total. The highest BCUT2D eigenvalue weighted by atomic mass is 16.6.